The molecule has 8 heteroatoms. The van der Waals surface area contributed by atoms with Gasteiger partial charge in [-0.15, -0.1) is 0 Å². The number of benzene rings is 2. The summed E-state index contributed by atoms with van der Waals surface area (Å²) in [5.41, 5.74) is 2.63. The van der Waals surface area contributed by atoms with Gasteiger partial charge >= 0.3 is 6.03 Å². The molecule has 1 aliphatic rings. The number of likely N-dealkylation sites (tertiary alicyclic amines) is 1. The Morgan fingerprint density at radius 1 is 0.938 bits per heavy atom. The molecular weight excluding hydrogens is 408 g/mol. The Balaban J connectivity index is 1.42. The van der Waals surface area contributed by atoms with Crippen LogP contribution in [0, 0.1) is 6.92 Å². The van der Waals surface area contributed by atoms with Gasteiger partial charge < -0.3 is 25.3 Å². The van der Waals surface area contributed by atoms with Crippen molar-refractivity contribution in [3.05, 3.63) is 78.3 Å². The quantitative estimate of drug-likeness (QED) is 0.553. The molecule has 3 aromatic rings. The van der Waals surface area contributed by atoms with Crippen molar-refractivity contribution in [2.24, 2.45) is 0 Å². The van der Waals surface area contributed by atoms with Crippen LogP contribution in [0.1, 0.15) is 29.0 Å². The molecule has 1 fully saturated rings. The summed E-state index contributed by atoms with van der Waals surface area (Å²) in [7, 11) is 0. The van der Waals surface area contributed by atoms with Gasteiger partial charge in [0, 0.05) is 23.6 Å². The van der Waals surface area contributed by atoms with Gasteiger partial charge in [-0.2, -0.15) is 0 Å². The Kier molecular flexibility index (Phi) is 6.21. The second-order valence-electron chi connectivity index (χ2n) is 7.60. The smallest absolute Gasteiger partial charge is 0.323 e. The molecule has 2 aromatic carbocycles. The average Bonchev–Trinajstić information content (AvgIpc) is 3.49. The highest BCUT2D eigenvalue weighted by molar-refractivity contribution is 6.02. The topological polar surface area (TPSA) is 104 Å². The van der Waals surface area contributed by atoms with Crippen molar-refractivity contribution in [3.8, 4) is 0 Å². The summed E-state index contributed by atoms with van der Waals surface area (Å²) in [5, 5.41) is 8.43. The van der Waals surface area contributed by atoms with Gasteiger partial charge in [0.15, 0.2) is 5.76 Å². The number of nitrogens with zero attached hydrogens (tertiary/aromatic N) is 1. The zero-order chi connectivity index (χ0) is 22.5. The molecule has 1 saturated heterocycles. The summed E-state index contributed by atoms with van der Waals surface area (Å²) in [5.74, 6) is -0.342. The maximum absolute atomic E-state index is 13.0. The van der Waals surface area contributed by atoms with Crippen molar-refractivity contribution >= 4 is 34.9 Å². The Hall–Kier alpha value is -4.07. The minimum absolute atomic E-state index is 0.219. The van der Waals surface area contributed by atoms with Crippen molar-refractivity contribution in [2.75, 3.05) is 22.5 Å². The van der Waals surface area contributed by atoms with Gasteiger partial charge in [0.05, 0.1) is 6.26 Å². The van der Waals surface area contributed by atoms with Crippen LogP contribution in [0.3, 0.4) is 0 Å². The van der Waals surface area contributed by atoms with Crippen LogP contribution < -0.4 is 16.0 Å². The summed E-state index contributed by atoms with van der Waals surface area (Å²) in [6, 6.07) is 16.7. The first-order chi connectivity index (χ1) is 15.5. The minimum atomic E-state index is -0.579. The summed E-state index contributed by atoms with van der Waals surface area (Å²) >= 11 is 0. The first kappa shape index (κ1) is 21.2. The van der Waals surface area contributed by atoms with Crippen molar-refractivity contribution in [1.29, 1.82) is 0 Å². The van der Waals surface area contributed by atoms with Crippen LogP contribution in [0.2, 0.25) is 0 Å². The van der Waals surface area contributed by atoms with Crippen LogP contribution in [0.15, 0.2) is 71.3 Å². The number of nitrogens with one attached hydrogen (secondary N) is 3. The van der Waals surface area contributed by atoms with Crippen molar-refractivity contribution in [3.63, 3.8) is 0 Å². The predicted molar refractivity (Wildman–Crippen MR) is 122 cm³/mol. The molecule has 0 bridgehead atoms. The van der Waals surface area contributed by atoms with Gasteiger partial charge in [0.25, 0.3) is 5.91 Å². The van der Waals surface area contributed by atoms with Crippen LogP contribution in [0.5, 0.6) is 0 Å². The lowest BCUT2D eigenvalue weighted by Gasteiger charge is -2.23. The van der Waals surface area contributed by atoms with Gasteiger partial charge in [0.2, 0.25) is 5.91 Å². The highest BCUT2D eigenvalue weighted by atomic mass is 16.3. The van der Waals surface area contributed by atoms with E-state index in [9.17, 15) is 14.4 Å². The summed E-state index contributed by atoms with van der Waals surface area (Å²) in [4.78, 5) is 39.5. The molecule has 0 radical (unpaired) electrons. The number of para-hydroxylation sites is 1. The van der Waals surface area contributed by atoms with Gasteiger partial charge in [-0.25, -0.2) is 4.79 Å². The van der Waals surface area contributed by atoms with Crippen LogP contribution in [-0.4, -0.2) is 35.3 Å². The number of furan rings is 1. The lowest BCUT2D eigenvalue weighted by molar-refractivity contribution is -0.119. The molecule has 8 nitrogen and oxygen atoms in total. The summed E-state index contributed by atoms with van der Waals surface area (Å²) < 4.78 is 5.20. The Bertz CT molecular complexity index is 1110. The molecule has 0 saturated carbocycles. The fraction of sp³-hybridized carbons (Fsp3) is 0.208. The third kappa shape index (κ3) is 4.80. The number of carbonyl (C=O) groups excluding carboxylic acids is 3. The number of aryl methyl sites for hydroxylation is 1. The van der Waals surface area contributed by atoms with Gasteiger partial charge in [-0.3, -0.25) is 9.59 Å². The fourth-order valence-electron chi connectivity index (χ4n) is 3.69. The number of urea groups is 1. The molecule has 1 aromatic heterocycles. The lowest BCUT2D eigenvalue weighted by Crippen LogP contribution is -2.43. The first-order valence-electron chi connectivity index (χ1n) is 10.4. The fourth-order valence-corrected chi connectivity index (χ4v) is 3.69. The molecule has 32 heavy (non-hydrogen) atoms. The maximum Gasteiger partial charge on any atom is 0.323 e. The monoisotopic (exact) mass is 432 g/mol. The van der Waals surface area contributed by atoms with Crippen LogP contribution >= 0.6 is 0 Å². The predicted octanol–water partition coefficient (Wildman–Crippen LogP) is 4.48. The van der Waals surface area contributed by atoms with Crippen LogP contribution in [0.25, 0.3) is 0 Å². The van der Waals surface area contributed by atoms with E-state index in [0.29, 0.717) is 30.0 Å². The molecule has 0 spiro atoms. The maximum atomic E-state index is 13.0. The highest BCUT2D eigenvalue weighted by Crippen LogP contribution is 2.25. The van der Waals surface area contributed by atoms with E-state index < -0.39 is 6.04 Å². The molecule has 0 aliphatic carbocycles. The number of rotatable bonds is 5. The van der Waals surface area contributed by atoms with E-state index in [0.717, 1.165) is 12.0 Å². The summed E-state index contributed by atoms with van der Waals surface area (Å²) in [6.45, 7) is 2.36. The van der Waals surface area contributed by atoms with E-state index in [1.54, 1.807) is 41.3 Å². The van der Waals surface area contributed by atoms with Gasteiger partial charge in [-0.05, 0) is 61.7 Å². The standard InChI is InChI=1S/C24H24N4O4/c1-16-11-12-18(26-24(31)25-17-7-3-2-4-8-17)15-19(16)27-22(29)20-9-5-13-28(20)23(30)21-10-6-14-32-21/h2-4,6-8,10-12,14-15,20H,5,9,13H2,1H3,(H,27,29)(H2,25,26,31)/t20-/m0/s1. The molecule has 1 atom stereocenters. The van der Waals surface area contributed by atoms with Crippen LogP contribution in [0.4, 0.5) is 21.9 Å². The van der Waals surface area contributed by atoms with Crippen molar-refractivity contribution in [1.82, 2.24) is 4.90 Å². The van der Waals surface area contributed by atoms with Gasteiger partial charge in [0.1, 0.15) is 6.04 Å². The zero-order valence-electron chi connectivity index (χ0n) is 17.6. The van der Waals surface area contributed by atoms with E-state index in [1.807, 2.05) is 31.2 Å². The van der Waals surface area contributed by atoms with E-state index in [4.69, 9.17) is 4.42 Å². The minimum Gasteiger partial charge on any atom is -0.459 e. The molecule has 1 aliphatic heterocycles. The largest absolute Gasteiger partial charge is 0.459 e. The Labute approximate surface area is 185 Å². The number of hydrogen-bond acceptors (Lipinski definition) is 4. The lowest BCUT2D eigenvalue weighted by atomic mass is 10.1. The molecule has 4 rings (SSSR count). The first-order valence-corrected chi connectivity index (χ1v) is 10.4. The molecule has 164 valence electrons. The third-order valence-corrected chi connectivity index (χ3v) is 5.33. The normalized spacial score (nSPS) is 15.3. The molecule has 4 amide bonds. The van der Waals surface area contributed by atoms with Crippen molar-refractivity contribution < 1.29 is 18.8 Å². The number of amides is 4. The Morgan fingerprint density at radius 3 is 2.47 bits per heavy atom. The molecule has 2 heterocycles. The zero-order valence-corrected chi connectivity index (χ0v) is 17.6. The third-order valence-electron chi connectivity index (χ3n) is 5.33. The molecule has 3 N–H and O–H groups in total. The number of anilines is 3. The van der Waals surface area contributed by atoms with Gasteiger partial charge in [-0.1, -0.05) is 24.3 Å². The number of carbonyl (C=O) groups is 3. The Morgan fingerprint density at radius 2 is 1.72 bits per heavy atom. The SMILES string of the molecule is Cc1ccc(NC(=O)Nc2ccccc2)cc1NC(=O)[C@@H]1CCCN1C(=O)c1ccco1. The van der Waals surface area contributed by atoms with Crippen LogP contribution in [-0.2, 0) is 4.79 Å². The summed E-state index contributed by atoms with van der Waals surface area (Å²) in [6.07, 6.45) is 2.76. The van der Waals surface area contributed by atoms with Crippen molar-refractivity contribution in [2.45, 2.75) is 25.8 Å². The second-order valence-corrected chi connectivity index (χ2v) is 7.60. The van der Waals surface area contributed by atoms with E-state index in [1.165, 1.54) is 6.26 Å². The van der Waals surface area contributed by atoms with E-state index in [2.05, 4.69) is 16.0 Å². The average molecular weight is 432 g/mol. The molecular formula is C24H24N4O4. The van der Waals surface area contributed by atoms with E-state index in [-0.39, 0.29) is 23.6 Å². The second kappa shape index (κ2) is 9.38. The van der Waals surface area contributed by atoms with E-state index >= 15 is 0 Å². The number of hydrogen-bond donors (Lipinski definition) is 3. The highest BCUT2D eigenvalue weighted by Gasteiger charge is 2.35. The molecule has 0 unspecified atom stereocenters.